The number of carbonyl (C=O) groups is 1. The van der Waals surface area contributed by atoms with E-state index >= 15 is 0 Å². The molecule has 0 aromatic carbocycles. The number of aromatic nitrogens is 2. The number of aryl methyl sites for hydroxylation is 1. The monoisotopic (exact) mass is 237 g/mol. The van der Waals surface area contributed by atoms with Crippen molar-refractivity contribution in [3.8, 4) is 0 Å². The van der Waals surface area contributed by atoms with E-state index in [0.29, 0.717) is 18.1 Å². The second-order valence-electron chi connectivity index (χ2n) is 4.71. The minimum Gasteiger partial charge on any atom is -0.464 e. The molecule has 1 aliphatic carbocycles. The number of ether oxygens (including phenoxy) is 1. The fourth-order valence-corrected chi connectivity index (χ4v) is 2.20. The van der Waals surface area contributed by atoms with Gasteiger partial charge in [-0.2, -0.15) is 5.10 Å². The summed E-state index contributed by atoms with van der Waals surface area (Å²) in [5.74, 6) is 0.171. The van der Waals surface area contributed by atoms with Gasteiger partial charge in [0.2, 0.25) is 0 Å². The minimum atomic E-state index is -0.717. The van der Waals surface area contributed by atoms with Gasteiger partial charge in [-0.15, -0.1) is 0 Å². The first kappa shape index (κ1) is 12.1. The molecule has 2 rings (SSSR count). The fraction of sp³-hybridized carbons (Fsp3) is 0.667. The Kier molecular flexibility index (Phi) is 3.78. The van der Waals surface area contributed by atoms with Gasteiger partial charge in [-0.1, -0.05) is 12.8 Å². The van der Waals surface area contributed by atoms with Gasteiger partial charge >= 0.3 is 5.97 Å². The zero-order chi connectivity index (χ0) is 12.3. The third-order valence-corrected chi connectivity index (χ3v) is 3.27. The molecule has 1 heterocycles. The second kappa shape index (κ2) is 5.31. The summed E-state index contributed by atoms with van der Waals surface area (Å²) in [5.41, 5.74) is 6.51. The van der Waals surface area contributed by atoms with Crippen molar-refractivity contribution in [2.45, 2.75) is 31.7 Å². The van der Waals surface area contributed by atoms with Crippen LogP contribution in [0.25, 0.3) is 0 Å². The topological polar surface area (TPSA) is 70.1 Å². The van der Waals surface area contributed by atoms with Crippen molar-refractivity contribution in [2.24, 2.45) is 18.7 Å². The van der Waals surface area contributed by atoms with E-state index in [1.807, 2.05) is 0 Å². The van der Waals surface area contributed by atoms with Crippen LogP contribution < -0.4 is 5.73 Å². The Bertz CT molecular complexity index is 383. The van der Waals surface area contributed by atoms with Crippen molar-refractivity contribution >= 4 is 5.97 Å². The molecule has 0 spiro atoms. The lowest BCUT2D eigenvalue weighted by molar-refractivity contribution is -0.146. The van der Waals surface area contributed by atoms with Gasteiger partial charge in [-0.3, -0.25) is 4.68 Å². The zero-order valence-electron chi connectivity index (χ0n) is 10.1. The molecular formula is C12H19N3O2. The molecule has 5 heteroatoms. The third-order valence-electron chi connectivity index (χ3n) is 3.27. The summed E-state index contributed by atoms with van der Waals surface area (Å²) < 4.78 is 6.87. The molecule has 1 fully saturated rings. The Morgan fingerprint density at radius 3 is 2.94 bits per heavy atom. The van der Waals surface area contributed by atoms with E-state index in [1.165, 1.54) is 12.8 Å². The lowest BCUT2D eigenvalue weighted by atomic mass is 10.1. The number of hydrogen-bond acceptors (Lipinski definition) is 4. The molecule has 17 heavy (non-hydrogen) atoms. The quantitative estimate of drug-likeness (QED) is 0.797. The Morgan fingerprint density at radius 2 is 2.35 bits per heavy atom. The molecule has 1 aromatic heterocycles. The number of hydrogen-bond donors (Lipinski definition) is 1. The van der Waals surface area contributed by atoms with Crippen molar-refractivity contribution in [2.75, 3.05) is 6.61 Å². The van der Waals surface area contributed by atoms with Crippen molar-refractivity contribution in [1.29, 1.82) is 0 Å². The first-order chi connectivity index (χ1) is 8.16. The van der Waals surface area contributed by atoms with Gasteiger partial charge in [0.15, 0.2) is 0 Å². The standard InChI is InChI=1S/C12H19N3O2/c1-15-7-10(6-14-15)11(13)12(16)17-8-9-4-2-3-5-9/h6-7,9,11H,2-5,8,13H2,1H3. The highest BCUT2D eigenvalue weighted by molar-refractivity contribution is 5.77. The Balaban J connectivity index is 1.82. The average Bonchev–Trinajstić information content (AvgIpc) is 2.95. The summed E-state index contributed by atoms with van der Waals surface area (Å²) in [4.78, 5) is 11.7. The van der Waals surface area contributed by atoms with Crippen molar-refractivity contribution < 1.29 is 9.53 Å². The minimum absolute atomic E-state index is 0.357. The summed E-state index contributed by atoms with van der Waals surface area (Å²) in [6, 6.07) is -0.717. The van der Waals surface area contributed by atoms with Gasteiger partial charge in [-0.25, -0.2) is 4.79 Å². The lowest BCUT2D eigenvalue weighted by Crippen LogP contribution is -2.25. The molecule has 5 nitrogen and oxygen atoms in total. The van der Waals surface area contributed by atoms with Crippen LogP contribution in [-0.2, 0) is 16.6 Å². The summed E-state index contributed by atoms with van der Waals surface area (Å²) in [7, 11) is 1.79. The average molecular weight is 237 g/mol. The predicted molar refractivity (Wildman–Crippen MR) is 63.1 cm³/mol. The fourth-order valence-electron chi connectivity index (χ4n) is 2.20. The molecule has 1 aliphatic rings. The maximum atomic E-state index is 11.7. The number of esters is 1. The highest BCUT2D eigenvalue weighted by Crippen LogP contribution is 2.25. The van der Waals surface area contributed by atoms with Crippen LogP contribution >= 0.6 is 0 Å². The van der Waals surface area contributed by atoms with Gasteiger partial charge < -0.3 is 10.5 Å². The van der Waals surface area contributed by atoms with E-state index in [9.17, 15) is 4.79 Å². The van der Waals surface area contributed by atoms with Crippen LogP contribution in [0, 0.1) is 5.92 Å². The van der Waals surface area contributed by atoms with E-state index < -0.39 is 6.04 Å². The van der Waals surface area contributed by atoms with Crippen LogP contribution in [-0.4, -0.2) is 22.4 Å². The van der Waals surface area contributed by atoms with Crippen molar-refractivity contribution in [3.63, 3.8) is 0 Å². The molecule has 0 radical (unpaired) electrons. The molecule has 1 unspecified atom stereocenters. The summed E-state index contributed by atoms with van der Waals surface area (Å²) >= 11 is 0. The van der Waals surface area contributed by atoms with Crippen LogP contribution in [0.2, 0.25) is 0 Å². The zero-order valence-corrected chi connectivity index (χ0v) is 10.1. The van der Waals surface area contributed by atoms with E-state index in [2.05, 4.69) is 5.10 Å². The van der Waals surface area contributed by atoms with E-state index in [4.69, 9.17) is 10.5 Å². The van der Waals surface area contributed by atoms with Crippen LogP contribution in [0.3, 0.4) is 0 Å². The predicted octanol–water partition coefficient (Wildman–Crippen LogP) is 1.15. The molecule has 2 N–H and O–H groups in total. The molecular weight excluding hydrogens is 218 g/mol. The lowest BCUT2D eigenvalue weighted by Gasteiger charge is -2.13. The Morgan fingerprint density at radius 1 is 1.65 bits per heavy atom. The Hall–Kier alpha value is -1.36. The first-order valence-corrected chi connectivity index (χ1v) is 6.07. The molecule has 0 bridgehead atoms. The smallest absolute Gasteiger partial charge is 0.327 e. The summed E-state index contributed by atoms with van der Waals surface area (Å²) in [6.45, 7) is 0.507. The molecule has 0 amide bonds. The number of nitrogens with zero attached hydrogens (tertiary/aromatic N) is 2. The number of rotatable bonds is 4. The molecule has 1 saturated carbocycles. The van der Waals surface area contributed by atoms with Crippen molar-refractivity contribution in [3.05, 3.63) is 18.0 Å². The Labute approximate surface area is 101 Å². The van der Waals surface area contributed by atoms with Crippen LogP contribution in [0.4, 0.5) is 0 Å². The van der Waals surface area contributed by atoms with Crippen molar-refractivity contribution in [1.82, 2.24) is 9.78 Å². The van der Waals surface area contributed by atoms with Crippen LogP contribution in [0.1, 0.15) is 37.3 Å². The maximum absolute atomic E-state index is 11.7. The van der Waals surface area contributed by atoms with Gasteiger partial charge in [-0.05, 0) is 18.8 Å². The van der Waals surface area contributed by atoms with Gasteiger partial charge in [0.1, 0.15) is 6.04 Å². The summed E-state index contributed by atoms with van der Waals surface area (Å²) in [5, 5.41) is 3.99. The largest absolute Gasteiger partial charge is 0.464 e. The first-order valence-electron chi connectivity index (χ1n) is 6.07. The number of nitrogens with two attached hydrogens (primary N) is 1. The van der Waals surface area contributed by atoms with Gasteiger partial charge in [0, 0.05) is 18.8 Å². The molecule has 1 aromatic rings. The maximum Gasteiger partial charge on any atom is 0.327 e. The molecule has 0 saturated heterocycles. The van der Waals surface area contributed by atoms with Crippen LogP contribution in [0.15, 0.2) is 12.4 Å². The van der Waals surface area contributed by atoms with Gasteiger partial charge in [0.25, 0.3) is 0 Å². The van der Waals surface area contributed by atoms with E-state index in [-0.39, 0.29) is 5.97 Å². The number of carbonyl (C=O) groups excluding carboxylic acids is 1. The van der Waals surface area contributed by atoms with E-state index in [0.717, 1.165) is 12.8 Å². The highest BCUT2D eigenvalue weighted by Gasteiger charge is 2.22. The van der Waals surface area contributed by atoms with Gasteiger partial charge in [0.05, 0.1) is 12.8 Å². The second-order valence-corrected chi connectivity index (χ2v) is 4.71. The third kappa shape index (κ3) is 3.06. The summed E-state index contributed by atoms with van der Waals surface area (Å²) in [6.07, 6.45) is 8.15. The molecule has 0 aliphatic heterocycles. The normalized spacial score (nSPS) is 18.2. The molecule has 1 atom stereocenters. The highest BCUT2D eigenvalue weighted by atomic mass is 16.5. The molecule has 94 valence electrons. The SMILES string of the molecule is Cn1cc(C(N)C(=O)OCC2CCCC2)cn1. The van der Waals surface area contributed by atoms with Crippen LogP contribution in [0.5, 0.6) is 0 Å². The van der Waals surface area contributed by atoms with E-state index in [1.54, 1.807) is 24.1 Å².